The van der Waals surface area contributed by atoms with Crippen molar-refractivity contribution in [1.82, 2.24) is 9.78 Å². The van der Waals surface area contributed by atoms with E-state index < -0.39 is 13.9 Å². The predicted molar refractivity (Wildman–Crippen MR) is 87.4 cm³/mol. The van der Waals surface area contributed by atoms with E-state index in [0.29, 0.717) is 16.6 Å². The lowest BCUT2D eigenvalue weighted by molar-refractivity contribution is 0.0814. The molecule has 1 aromatic carbocycles. The maximum absolute atomic E-state index is 13.9. The molecule has 0 fully saturated rings. The molecule has 0 unspecified atom stereocenters. The molecule has 0 saturated heterocycles. The first-order valence-corrected chi connectivity index (χ1v) is 11.3. The van der Waals surface area contributed by atoms with Gasteiger partial charge in [-0.3, -0.25) is 0 Å². The molecule has 7 heteroatoms. The highest BCUT2D eigenvalue weighted by Crippen LogP contribution is 2.29. The van der Waals surface area contributed by atoms with Crippen LogP contribution in [0.3, 0.4) is 0 Å². The third-order valence-corrected chi connectivity index (χ3v) is 5.65. The van der Waals surface area contributed by atoms with Gasteiger partial charge in [0.05, 0.1) is 18.3 Å². The smallest absolute Gasteiger partial charge is 0.140 e. The summed E-state index contributed by atoms with van der Waals surface area (Å²) in [5.41, 5.74) is 0.830. The van der Waals surface area contributed by atoms with Crippen molar-refractivity contribution in [2.75, 3.05) is 6.61 Å². The summed E-state index contributed by atoms with van der Waals surface area (Å²) in [5.74, 6) is -0.444. The van der Waals surface area contributed by atoms with Crippen LogP contribution in [0.5, 0.6) is 0 Å². The van der Waals surface area contributed by atoms with Crippen molar-refractivity contribution in [3.8, 4) is 0 Å². The molecule has 116 valence electrons. The van der Waals surface area contributed by atoms with Gasteiger partial charge in [-0.2, -0.15) is 5.10 Å². The largest absolute Gasteiger partial charge is 0.391 e. The molecular formula is C14H20BrFN2O2Si. The summed E-state index contributed by atoms with van der Waals surface area (Å²) in [6.45, 7) is 7.43. The Labute approximate surface area is 133 Å². The Balaban J connectivity index is 2.21. The van der Waals surface area contributed by atoms with Crippen LogP contribution in [0.4, 0.5) is 4.39 Å². The van der Waals surface area contributed by atoms with Crippen LogP contribution in [0.15, 0.2) is 16.7 Å². The quantitative estimate of drug-likeness (QED) is 0.618. The van der Waals surface area contributed by atoms with Crippen LogP contribution in [0.25, 0.3) is 10.9 Å². The molecular weight excluding hydrogens is 355 g/mol. The van der Waals surface area contributed by atoms with Crippen LogP contribution < -0.4 is 0 Å². The van der Waals surface area contributed by atoms with Crippen molar-refractivity contribution >= 4 is 34.9 Å². The van der Waals surface area contributed by atoms with E-state index in [1.54, 1.807) is 10.9 Å². The first-order valence-electron chi connectivity index (χ1n) is 6.84. The molecule has 0 radical (unpaired) electrons. The fourth-order valence-electron chi connectivity index (χ4n) is 2.05. The number of nitrogens with zero attached hydrogens (tertiary/aromatic N) is 2. The third kappa shape index (κ3) is 3.91. The highest BCUT2D eigenvalue weighted by Gasteiger charge is 2.16. The van der Waals surface area contributed by atoms with Crippen LogP contribution in [0, 0.1) is 5.82 Å². The van der Waals surface area contributed by atoms with Gasteiger partial charge in [-0.05, 0) is 28.0 Å². The topological polar surface area (TPSA) is 47.3 Å². The van der Waals surface area contributed by atoms with Gasteiger partial charge < -0.3 is 9.84 Å². The SMILES string of the molecule is C[Si](C)(C)CCOCn1ncc2c(Br)cc(F)c(CO)c21. The van der Waals surface area contributed by atoms with Crippen molar-refractivity contribution in [2.45, 2.75) is 39.0 Å². The molecule has 4 nitrogen and oxygen atoms in total. The van der Waals surface area contributed by atoms with Gasteiger partial charge in [0.2, 0.25) is 0 Å². The van der Waals surface area contributed by atoms with E-state index in [0.717, 1.165) is 11.4 Å². The lowest BCUT2D eigenvalue weighted by Gasteiger charge is -2.15. The van der Waals surface area contributed by atoms with Crippen molar-refractivity contribution in [1.29, 1.82) is 0 Å². The molecule has 21 heavy (non-hydrogen) atoms. The molecule has 0 aliphatic rings. The first-order chi connectivity index (χ1) is 9.83. The molecule has 0 aliphatic carbocycles. The van der Waals surface area contributed by atoms with Gasteiger partial charge in [-0.25, -0.2) is 9.07 Å². The van der Waals surface area contributed by atoms with Gasteiger partial charge in [0.25, 0.3) is 0 Å². The molecule has 0 spiro atoms. The number of fused-ring (bicyclic) bond motifs is 1. The minimum atomic E-state index is -1.13. The summed E-state index contributed by atoms with van der Waals surface area (Å²) in [5, 5.41) is 14.4. The zero-order valence-electron chi connectivity index (χ0n) is 12.5. The maximum atomic E-state index is 13.9. The molecule has 0 saturated carbocycles. The monoisotopic (exact) mass is 374 g/mol. The molecule has 1 aromatic heterocycles. The summed E-state index contributed by atoms with van der Waals surface area (Å²) < 4.78 is 21.8. The van der Waals surface area contributed by atoms with E-state index in [1.165, 1.54) is 6.07 Å². The van der Waals surface area contributed by atoms with E-state index in [4.69, 9.17) is 4.74 Å². The van der Waals surface area contributed by atoms with Gasteiger partial charge in [-0.15, -0.1) is 0 Å². The normalized spacial score (nSPS) is 12.3. The Kier molecular flexibility index (Phi) is 5.18. The number of aliphatic hydroxyl groups excluding tert-OH is 1. The summed E-state index contributed by atoms with van der Waals surface area (Å²) in [4.78, 5) is 0. The van der Waals surface area contributed by atoms with Crippen LogP contribution in [-0.2, 0) is 18.1 Å². The molecule has 2 aromatic rings. The molecule has 0 aliphatic heterocycles. The van der Waals surface area contributed by atoms with Crippen LogP contribution >= 0.6 is 15.9 Å². The maximum Gasteiger partial charge on any atom is 0.140 e. The average molecular weight is 375 g/mol. The van der Waals surface area contributed by atoms with Gasteiger partial charge in [0.1, 0.15) is 12.5 Å². The Morgan fingerprint density at radius 3 is 2.76 bits per heavy atom. The second-order valence-corrected chi connectivity index (χ2v) is 12.7. The lowest BCUT2D eigenvalue weighted by Crippen LogP contribution is -2.22. The van der Waals surface area contributed by atoms with Crippen LogP contribution in [0.1, 0.15) is 5.56 Å². The second-order valence-electron chi connectivity index (χ2n) is 6.23. The molecule has 2 rings (SSSR count). The van der Waals surface area contributed by atoms with Crippen molar-refractivity contribution in [3.63, 3.8) is 0 Å². The first kappa shape index (κ1) is 16.6. The van der Waals surface area contributed by atoms with Crippen LogP contribution in [0.2, 0.25) is 25.7 Å². The van der Waals surface area contributed by atoms with E-state index >= 15 is 0 Å². The molecule has 1 heterocycles. The number of aliphatic hydroxyl groups is 1. The zero-order valence-corrected chi connectivity index (χ0v) is 15.1. The molecule has 0 atom stereocenters. The Hall–Kier alpha value is -0.763. The lowest BCUT2D eigenvalue weighted by atomic mass is 10.1. The van der Waals surface area contributed by atoms with E-state index in [1.807, 2.05) is 0 Å². The Bertz CT molecular complexity index is 640. The standard InChI is InChI=1S/C14H20BrFN2O2Si/c1-21(2,3)5-4-20-9-18-14-10(7-17-18)12(15)6-13(16)11(14)8-19/h6-7,19H,4-5,8-9H2,1-3H3. The number of rotatable bonds is 6. The number of ether oxygens (including phenoxy) is 1. The molecule has 1 N–H and O–H groups in total. The number of aromatic nitrogens is 2. The van der Waals surface area contributed by atoms with Gasteiger partial charge in [0, 0.05) is 30.1 Å². The van der Waals surface area contributed by atoms with Crippen molar-refractivity contribution in [2.24, 2.45) is 0 Å². The minimum absolute atomic E-state index is 0.250. The van der Waals surface area contributed by atoms with E-state index in [2.05, 4.69) is 40.7 Å². The summed E-state index contributed by atoms with van der Waals surface area (Å²) >= 11 is 3.32. The number of hydrogen-bond donors (Lipinski definition) is 1. The number of hydrogen-bond acceptors (Lipinski definition) is 3. The van der Waals surface area contributed by atoms with Gasteiger partial charge in [0.15, 0.2) is 0 Å². The second kappa shape index (κ2) is 6.56. The van der Waals surface area contributed by atoms with Crippen LogP contribution in [-0.4, -0.2) is 29.6 Å². The molecule has 0 bridgehead atoms. The summed E-state index contributed by atoms with van der Waals surface area (Å²) in [6, 6.07) is 2.42. The summed E-state index contributed by atoms with van der Waals surface area (Å²) in [6.07, 6.45) is 1.65. The number of halogens is 2. The Morgan fingerprint density at radius 1 is 1.43 bits per heavy atom. The fraction of sp³-hybridized carbons (Fsp3) is 0.500. The Morgan fingerprint density at radius 2 is 2.14 bits per heavy atom. The van der Waals surface area contributed by atoms with Gasteiger partial charge in [-0.1, -0.05) is 19.6 Å². The average Bonchev–Trinajstić information content (AvgIpc) is 2.78. The third-order valence-electron chi connectivity index (χ3n) is 3.29. The highest BCUT2D eigenvalue weighted by molar-refractivity contribution is 9.10. The van der Waals surface area contributed by atoms with E-state index in [9.17, 15) is 9.50 Å². The molecule has 0 amide bonds. The van der Waals surface area contributed by atoms with Crippen molar-refractivity contribution < 1.29 is 14.2 Å². The van der Waals surface area contributed by atoms with E-state index in [-0.39, 0.29) is 18.9 Å². The highest BCUT2D eigenvalue weighted by atomic mass is 79.9. The van der Waals surface area contributed by atoms with Gasteiger partial charge >= 0.3 is 0 Å². The number of benzene rings is 1. The predicted octanol–water partition coefficient (Wildman–Crippen LogP) is 3.74. The summed E-state index contributed by atoms with van der Waals surface area (Å²) in [7, 11) is -1.13. The zero-order chi connectivity index (χ0) is 15.6. The minimum Gasteiger partial charge on any atom is -0.391 e. The fourth-order valence-corrected chi connectivity index (χ4v) is 3.29. The van der Waals surface area contributed by atoms with Crippen molar-refractivity contribution in [3.05, 3.63) is 28.1 Å².